The molecule has 0 bridgehead atoms. The van der Waals surface area contributed by atoms with Gasteiger partial charge in [-0.25, -0.2) is 4.79 Å². The summed E-state index contributed by atoms with van der Waals surface area (Å²) in [5.41, 5.74) is 1.72. The maximum atomic E-state index is 11.6. The van der Waals surface area contributed by atoms with Crippen molar-refractivity contribution in [1.29, 1.82) is 0 Å². The van der Waals surface area contributed by atoms with Crippen molar-refractivity contribution in [3.8, 4) is 0 Å². The van der Waals surface area contributed by atoms with Gasteiger partial charge in [-0.05, 0) is 44.9 Å². The van der Waals surface area contributed by atoms with Gasteiger partial charge in [0.2, 0.25) is 5.91 Å². The fourth-order valence-corrected chi connectivity index (χ4v) is 2.78. The number of carbonyl (C=O) groups excluding carboxylic acids is 2. The number of hydrogen-bond acceptors (Lipinski definition) is 3. The van der Waals surface area contributed by atoms with Crippen LogP contribution in [0.2, 0.25) is 0 Å². The molecule has 6 heteroatoms. The number of anilines is 1. The smallest absolute Gasteiger partial charge is 0.315 e. The van der Waals surface area contributed by atoms with Gasteiger partial charge in [-0.3, -0.25) is 4.79 Å². The van der Waals surface area contributed by atoms with E-state index >= 15 is 0 Å². The average molecular weight is 307 g/mol. The fourth-order valence-electron chi connectivity index (χ4n) is 1.99. The Kier molecular flexibility index (Phi) is 4.77. The summed E-state index contributed by atoms with van der Waals surface area (Å²) < 4.78 is 0. The highest BCUT2D eigenvalue weighted by Crippen LogP contribution is 2.31. The summed E-state index contributed by atoms with van der Waals surface area (Å²) in [5, 5.41) is 8.56. The second-order valence-corrected chi connectivity index (χ2v) is 7.07. The monoisotopic (exact) mass is 307 g/mol. The Hall–Kier alpha value is -1.69. The van der Waals surface area contributed by atoms with Gasteiger partial charge < -0.3 is 16.0 Å². The van der Waals surface area contributed by atoms with Crippen LogP contribution in [0.4, 0.5) is 10.5 Å². The fraction of sp³-hybridized carbons (Fsp3) is 0.467. The van der Waals surface area contributed by atoms with E-state index in [1.165, 1.54) is 0 Å². The van der Waals surface area contributed by atoms with E-state index in [-0.39, 0.29) is 17.5 Å². The Labute approximate surface area is 129 Å². The van der Waals surface area contributed by atoms with Gasteiger partial charge in [0, 0.05) is 17.0 Å². The molecule has 0 radical (unpaired) electrons. The Morgan fingerprint density at radius 2 is 2.14 bits per heavy atom. The van der Waals surface area contributed by atoms with Crippen LogP contribution in [0.5, 0.6) is 0 Å². The zero-order valence-electron chi connectivity index (χ0n) is 12.6. The summed E-state index contributed by atoms with van der Waals surface area (Å²) in [6, 6.07) is 5.86. The summed E-state index contributed by atoms with van der Waals surface area (Å²) in [6.45, 7) is 6.38. The van der Waals surface area contributed by atoms with E-state index in [0.29, 0.717) is 12.3 Å². The van der Waals surface area contributed by atoms with Gasteiger partial charge in [0.25, 0.3) is 0 Å². The van der Waals surface area contributed by atoms with Gasteiger partial charge in [0.15, 0.2) is 0 Å². The van der Waals surface area contributed by atoms with Crippen molar-refractivity contribution in [1.82, 2.24) is 10.6 Å². The summed E-state index contributed by atoms with van der Waals surface area (Å²) in [7, 11) is 0. The molecule has 1 aliphatic rings. The van der Waals surface area contributed by atoms with E-state index in [4.69, 9.17) is 0 Å². The predicted octanol–water partition coefficient (Wildman–Crippen LogP) is 2.37. The summed E-state index contributed by atoms with van der Waals surface area (Å²) >= 11 is 1.55. The van der Waals surface area contributed by atoms with Crippen LogP contribution in [-0.4, -0.2) is 29.8 Å². The van der Waals surface area contributed by atoms with E-state index in [0.717, 1.165) is 22.6 Å². The number of hydrogen-bond donors (Lipinski definition) is 3. The molecule has 0 aliphatic carbocycles. The van der Waals surface area contributed by atoms with Crippen LogP contribution in [0.3, 0.4) is 0 Å². The SMILES string of the molecule is CC(C)(C)NC(=O)NCCc1ccc2c(c1)NC(=O)CS2. The van der Waals surface area contributed by atoms with Crippen LogP contribution in [0.1, 0.15) is 26.3 Å². The standard InChI is InChI=1S/C15H21N3O2S/c1-15(2,3)18-14(20)16-7-6-10-4-5-12-11(8-10)17-13(19)9-21-12/h4-5,8H,6-7,9H2,1-3H3,(H,17,19)(H2,16,18,20). The molecule has 1 heterocycles. The van der Waals surface area contributed by atoms with Crippen LogP contribution in [-0.2, 0) is 11.2 Å². The van der Waals surface area contributed by atoms with Crippen molar-refractivity contribution in [2.24, 2.45) is 0 Å². The minimum absolute atomic E-state index is 0.0346. The van der Waals surface area contributed by atoms with Crippen molar-refractivity contribution in [2.75, 3.05) is 17.6 Å². The second-order valence-electron chi connectivity index (χ2n) is 6.05. The minimum Gasteiger partial charge on any atom is -0.338 e. The highest BCUT2D eigenvalue weighted by molar-refractivity contribution is 8.00. The van der Waals surface area contributed by atoms with Gasteiger partial charge in [0.05, 0.1) is 11.4 Å². The normalized spacial score (nSPS) is 14.1. The Balaban J connectivity index is 1.85. The lowest BCUT2D eigenvalue weighted by molar-refractivity contribution is -0.113. The molecule has 1 aromatic rings. The van der Waals surface area contributed by atoms with Crippen LogP contribution in [0.15, 0.2) is 23.1 Å². The summed E-state index contributed by atoms with van der Waals surface area (Å²) in [6.07, 6.45) is 0.728. The zero-order valence-corrected chi connectivity index (χ0v) is 13.4. The summed E-state index contributed by atoms with van der Waals surface area (Å²) in [4.78, 5) is 24.1. The first-order valence-electron chi connectivity index (χ1n) is 6.95. The Morgan fingerprint density at radius 1 is 1.38 bits per heavy atom. The lowest BCUT2D eigenvalue weighted by Gasteiger charge is -2.21. The molecule has 21 heavy (non-hydrogen) atoms. The van der Waals surface area contributed by atoms with E-state index < -0.39 is 0 Å². The molecular weight excluding hydrogens is 286 g/mol. The van der Waals surface area contributed by atoms with E-state index in [1.54, 1.807) is 11.8 Å². The molecule has 0 atom stereocenters. The van der Waals surface area contributed by atoms with Gasteiger partial charge in [0.1, 0.15) is 0 Å². The van der Waals surface area contributed by atoms with Crippen molar-refractivity contribution in [3.05, 3.63) is 23.8 Å². The molecular formula is C15H21N3O2S. The number of carbonyl (C=O) groups is 2. The maximum Gasteiger partial charge on any atom is 0.315 e. The second kappa shape index (κ2) is 6.39. The van der Waals surface area contributed by atoms with Gasteiger partial charge in [-0.15, -0.1) is 11.8 Å². The highest BCUT2D eigenvalue weighted by Gasteiger charge is 2.16. The van der Waals surface area contributed by atoms with Gasteiger partial charge >= 0.3 is 6.03 Å². The van der Waals surface area contributed by atoms with Crippen molar-refractivity contribution < 1.29 is 9.59 Å². The zero-order chi connectivity index (χ0) is 15.5. The van der Waals surface area contributed by atoms with E-state index in [2.05, 4.69) is 16.0 Å². The quantitative estimate of drug-likeness (QED) is 0.803. The number of urea groups is 1. The first kappa shape index (κ1) is 15.7. The number of benzene rings is 1. The first-order valence-corrected chi connectivity index (χ1v) is 7.94. The average Bonchev–Trinajstić information content (AvgIpc) is 2.36. The maximum absolute atomic E-state index is 11.6. The summed E-state index contributed by atoms with van der Waals surface area (Å²) in [5.74, 6) is 0.508. The molecule has 3 amide bonds. The third kappa shape index (κ3) is 4.97. The number of rotatable bonds is 3. The Morgan fingerprint density at radius 3 is 2.86 bits per heavy atom. The lowest BCUT2D eigenvalue weighted by atomic mass is 10.1. The number of nitrogens with one attached hydrogen (secondary N) is 3. The third-order valence-corrected chi connectivity index (χ3v) is 3.94. The first-order chi connectivity index (χ1) is 9.83. The topological polar surface area (TPSA) is 70.2 Å². The molecule has 114 valence electrons. The largest absolute Gasteiger partial charge is 0.338 e. The molecule has 1 aromatic carbocycles. The van der Waals surface area contributed by atoms with Crippen LogP contribution in [0, 0.1) is 0 Å². The van der Waals surface area contributed by atoms with E-state index in [9.17, 15) is 9.59 Å². The molecule has 0 saturated carbocycles. The van der Waals surface area contributed by atoms with E-state index in [1.807, 2.05) is 39.0 Å². The molecule has 5 nitrogen and oxygen atoms in total. The van der Waals surface area contributed by atoms with Gasteiger partial charge in [-0.2, -0.15) is 0 Å². The third-order valence-electron chi connectivity index (χ3n) is 2.86. The molecule has 0 fully saturated rings. The van der Waals surface area contributed by atoms with Gasteiger partial charge in [-0.1, -0.05) is 6.07 Å². The van der Waals surface area contributed by atoms with Crippen molar-refractivity contribution in [3.63, 3.8) is 0 Å². The number of thioether (sulfide) groups is 1. The molecule has 1 aliphatic heterocycles. The molecule has 3 N–H and O–H groups in total. The molecule has 2 rings (SSSR count). The van der Waals surface area contributed by atoms with Crippen LogP contribution >= 0.6 is 11.8 Å². The van der Waals surface area contributed by atoms with Crippen LogP contribution in [0.25, 0.3) is 0 Å². The predicted molar refractivity (Wildman–Crippen MR) is 85.8 cm³/mol. The number of fused-ring (bicyclic) bond motifs is 1. The molecule has 0 spiro atoms. The highest BCUT2D eigenvalue weighted by atomic mass is 32.2. The molecule has 0 saturated heterocycles. The van der Waals surface area contributed by atoms with Crippen molar-refractivity contribution in [2.45, 2.75) is 37.6 Å². The lowest BCUT2D eigenvalue weighted by Crippen LogP contribution is -2.46. The van der Waals surface area contributed by atoms with Crippen molar-refractivity contribution >= 4 is 29.4 Å². The van der Waals surface area contributed by atoms with Crippen LogP contribution < -0.4 is 16.0 Å². The Bertz CT molecular complexity index is 552. The number of amides is 3. The molecule has 0 aromatic heterocycles. The molecule has 0 unspecified atom stereocenters. The minimum atomic E-state index is -0.239.